The molecule has 0 aliphatic heterocycles. The van der Waals surface area contributed by atoms with Gasteiger partial charge in [0.15, 0.2) is 0 Å². The summed E-state index contributed by atoms with van der Waals surface area (Å²) in [5.41, 5.74) is 6.60. The zero-order valence-electron chi connectivity index (χ0n) is 10.4. The minimum absolute atomic E-state index is 0.111. The molecule has 0 spiro atoms. The first-order chi connectivity index (χ1) is 9.56. The number of nitrogens with two attached hydrogens (primary N) is 1. The van der Waals surface area contributed by atoms with Crippen LogP contribution in [0.5, 0.6) is 0 Å². The van der Waals surface area contributed by atoms with Crippen LogP contribution >= 0.6 is 15.9 Å². The van der Waals surface area contributed by atoms with Crippen LogP contribution < -0.4 is 11.1 Å². The molecule has 0 atom stereocenters. The van der Waals surface area contributed by atoms with Crippen LogP contribution in [0.25, 0.3) is 0 Å². The molecule has 0 fully saturated rings. The van der Waals surface area contributed by atoms with Gasteiger partial charge in [-0.2, -0.15) is 0 Å². The number of hydrogen-bond acceptors (Lipinski definition) is 2. The van der Waals surface area contributed by atoms with Crippen LogP contribution in [0.3, 0.4) is 0 Å². The number of benzene rings is 1. The Morgan fingerprint density at radius 1 is 1.20 bits per heavy atom. The van der Waals surface area contributed by atoms with Gasteiger partial charge in [-0.05, 0) is 42.5 Å². The van der Waals surface area contributed by atoms with Crippen LogP contribution in [-0.2, 0) is 0 Å². The molecule has 1 aliphatic rings. The van der Waals surface area contributed by atoms with E-state index in [1.807, 2.05) is 12.2 Å². The lowest BCUT2D eigenvalue weighted by molar-refractivity contribution is 0.0967. The van der Waals surface area contributed by atoms with Crippen molar-refractivity contribution >= 4 is 27.5 Å². The predicted octanol–water partition coefficient (Wildman–Crippen LogP) is 3.43. The second-order valence-electron chi connectivity index (χ2n) is 4.08. The summed E-state index contributed by atoms with van der Waals surface area (Å²) in [6, 6.07) is 3.70. The number of rotatable bonds is 2. The largest absolute Gasteiger partial charge is 0.398 e. The fourth-order valence-corrected chi connectivity index (χ4v) is 1.88. The van der Waals surface area contributed by atoms with Gasteiger partial charge in [-0.3, -0.25) is 4.79 Å². The summed E-state index contributed by atoms with van der Waals surface area (Å²) in [7, 11) is 0. The van der Waals surface area contributed by atoms with Gasteiger partial charge in [0.05, 0.1) is 5.56 Å². The molecule has 0 aromatic heterocycles. The molecule has 1 aromatic rings. The third-order valence-corrected chi connectivity index (χ3v) is 3.11. The van der Waals surface area contributed by atoms with Crippen molar-refractivity contribution in [2.45, 2.75) is 0 Å². The van der Waals surface area contributed by atoms with Crippen molar-refractivity contribution in [3.8, 4) is 0 Å². The fraction of sp³-hybridized carbons (Fsp3) is 0. The Kier molecular flexibility index (Phi) is 4.53. The van der Waals surface area contributed by atoms with E-state index in [2.05, 4.69) is 21.2 Å². The molecule has 5 heteroatoms. The average Bonchev–Trinajstić information content (AvgIpc) is 2.40. The van der Waals surface area contributed by atoms with Gasteiger partial charge in [0, 0.05) is 15.9 Å². The third-order valence-electron chi connectivity index (χ3n) is 2.58. The molecule has 0 saturated carbocycles. The number of carbonyl (C=O) groups excluding carboxylic acids is 1. The Bertz CT molecular complexity index is 660. The lowest BCUT2D eigenvalue weighted by Gasteiger charge is -2.08. The first-order valence-electron chi connectivity index (χ1n) is 5.85. The molecule has 0 radical (unpaired) electrons. The second-order valence-corrected chi connectivity index (χ2v) is 4.99. The van der Waals surface area contributed by atoms with Crippen LogP contribution in [-0.4, -0.2) is 5.91 Å². The van der Waals surface area contributed by atoms with Gasteiger partial charge in [-0.25, -0.2) is 4.39 Å². The monoisotopic (exact) mass is 334 g/mol. The van der Waals surface area contributed by atoms with Gasteiger partial charge < -0.3 is 11.1 Å². The molecule has 0 bridgehead atoms. The molecule has 1 aromatic carbocycles. The molecule has 0 saturated heterocycles. The number of nitrogen functional groups attached to an aromatic ring is 1. The summed E-state index contributed by atoms with van der Waals surface area (Å²) < 4.78 is 14.0. The maximum Gasteiger partial charge on any atom is 0.257 e. The Hall–Kier alpha value is -2.14. The first kappa shape index (κ1) is 14.3. The molecular formula is C15H12BrFN2O. The van der Waals surface area contributed by atoms with Crippen LogP contribution in [0.4, 0.5) is 10.1 Å². The number of halogens is 2. The number of hydrogen-bond donors (Lipinski definition) is 2. The van der Waals surface area contributed by atoms with E-state index in [9.17, 15) is 9.18 Å². The quantitative estimate of drug-likeness (QED) is 0.814. The number of allylic oxidation sites excluding steroid dienone is 7. The molecular weight excluding hydrogens is 323 g/mol. The predicted molar refractivity (Wildman–Crippen MR) is 81.7 cm³/mol. The van der Waals surface area contributed by atoms with Crippen molar-refractivity contribution in [2.24, 2.45) is 0 Å². The number of carbonyl (C=O) groups is 1. The van der Waals surface area contributed by atoms with E-state index in [1.165, 1.54) is 12.1 Å². The van der Waals surface area contributed by atoms with E-state index < -0.39 is 11.7 Å². The number of amides is 1. The minimum atomic E-state index is -0.503. The van der Waals surface area contributed by atoms with Crippen molar-refractivity contribution in [2.75, 3.05) is 5.73 Å². The lowest BCUT2D eigenvalue weighted by Crippen LogP contribution is -2.23. The first-order valence-corrected chi connectivity index (χ1v) is 6.64. The zero-order chi connectivity index (χ0) is 14.5. The van der Waals surface area contributed by atoms with Crippen molar-refractivity contribution in [3.63, 3.8) is 0 Å². The molecule has 1 aliphatic carbocycles. The second kappa shape index (κ2) is 6.34. The van der Waals surface area contributed by atoms with E-state index in [-0.39, 0.29) is 11.3 Å². The molecule has 20 heavy (non-hydrogen) atoms. The van der Waals surface area contributed by atoms with Crippen molar-refractivity contribution < 1.29 is 9.18 Å². The average molecular weight is 335 g/mol. The lowest BCUT2D eigenvalue weighted by atomic mass is 10.1. The Morgan fingerprint density at radius 2 is 1.95 bits per heavy atom. The van der Waals surface area contributed by atoms with Crippen molar-refractivity contribution in [1.29, 1.82) is 0 Å². The van der Waals surface area contributed by atoms with E-state index in [1.54, 1.807) is 24.3 Å². The molecule has 0 heterocycles. The molecule has 102 valence electrons. The third kappa shape index (κ3) is 3.68. The summed E-state index contributed by atoms with van der Waals surface area (Å²) in [5.74, 6) is -0.955. The van der Waals surface area contributed by atoms with E-state index in [0.717, 1.165) is 10.5 Å². The summed E-state index contributed by atoms with van der Waals surface area (Å²) >= 11 is 3.35. The van der Waals surface area contributed by atoms with Gasteiger partial charge in [-0.15, -0.1) is 0 Å². The van der Waals surface area contributed by atoms with Crippen molar-refractivity contribution in [1.82, 2.24) is 5.32 Å². The highest BCUT2D eigenvalue weighted by molar-refractivity contribution is 9.11. The van der Waals surface area contributed by atoms with Gasteiger partial charge in [0.1, 0.15) is 5.82 Å². The Labute approximate surface area is 124 Å². The van der Waals surface area contributed by atoms with Gasteiger partial charge in [-0.1, -0.05) is 28.1 Å². The van der Waals surface area contributed by atoms with Gasteiger partial charge in [0.25, 0.3) is 5.91 Å². The highest BCUT2D eigenvalue weighted by Gasteiger charge is 2.11. The van der Waals surface area contributed by atoms with Gasteiger partial charge in [0.2, 0.25) is 0 Å². The fourth-order valence-electron chi connectivity index (χ4n) is 1.59. The molecule has 3 nitrogen and oxygen atoms in total. The Morgan fingerprint density at radius 3 is 2.75 bits per heavy atom. The molecule has 0 unspecified atom stereocenters. The highest BCUT2D eigenvalue weighted by Crippen LogP contribution is 2.15. The topological polar surface area (TPSA) is 55.1 Å². The molecule has 1 amide bonds. The maximum absolute atomic E-state index is 13.2. The van der Waals surface area contributed by atoms with Gasteiger partial charge >= 0.3 is 0 Å². The van der Waals surface area contributed by atoms with E-state index in [0.29, 0.717) is 5.70 Å². The Balaban J connectivity index is 2.19. The molecule has 3 N–H and O–H groups in total. The zero-order valence-corrected chi connectivity index (χ0v) is 12.0. The summed E-state index contributed by atoms with van der Waals surface area (Å²) in [5, 5.41) is 2.68. The van der Waals surface area contributed by atoms with Crippen LogP contribution in [0.2, 0.25) is 0 Å². The van der Waals surface area contributed by atoms with Crippen LogP contribution in [0.1, 0.15) is 10.4 Å². The maximum atomic E-state index is 13.2. The van der Waals surface area contributed by atoms with Crippen LogP contribution in [0.15, 0.2) is 64.8 Å². The minimum Gasteiger partial charge on any atom is -0.398 e. The number of nitrogens with one attached hydrogen (secondary N) is 1. The van der Waals surface area contributed by atoms with Crippen LogP contribution in [0, 0.1) is 5.82 Å². The summed E-state index contributed by atoms with van der Waals surface area (Å²) in [6.45, 7) is 0. The van der Waals surface area contributed by atoms with E-state index >= 15 is 0 Å². The normalized spacial score (nSPS) is 22.5. The molecule has 2 rings (SSSR count). The smallest absolute Gasteiger partial charge is 0.257 e. The van der Waals surface area contributed by atoms with Crippen molar-refractivity contribution in [3.05, 3.63) is 76.2 Å². The highest BCUT2D eigenvalue weighted by atomic mass is 79.9. The summed E-state index contributed by atoms with van der Waals surface area (Å²) in [4.78, 5) is 12.1. The standard InChI is InChI=1S/C15H12BrFN2O/c16-10-3-1-2-4-12(7-5-10)19-15(20)13-9-11(17)6-8-14(13)18/h1-9H,18H2,(H,19,20)/b2-1+,3-1?,4-2?,7-5-,10-3+,10-5?,12-4-,12-7?. The number of anilines is 1. The summed E-state index contributed by atoms with van der Waals surface area (Å²) in [6.07, 6.45) is 10.8. The SMILES string of the molecule is Nc1ccc(F)cc1C(=O)NC1=C\C=C\C=C(Br)/C=C\1. The van der Waals surface area contributed by atoms with E-state index in [4.69, 9.17) is 5.73 Å².